The molecule has 2 aliphatic heterocycles. The van der Waals surface area contributed by atoms with Crippen LogP contribution in [0.25, 0.3) is 0 Å². The van der Waals surface area contributed by atoms with Crippen molar-refractivity contribution in [3.8, 4) is 0 Å². The third-order valence-corrected chi connectivity index (χ3v) is 7.43. The SMILES string of the molecule is CN(C(=O)Cc1ccc2c(c1)CCCS2)C1CCS(=O)(=O)C1. The molecule has 0 spiro atoms. The fourth-order valence-corrected chi connectivity index (χ4v) is 5.90. The molecule has 0 N–H and O–H groups in total. The van der Waals surface area contributed by atoms with Gasteiger partial charge in [-0.15, -0.1) is 11.8 Å². The zero-order valence-corrected chi connectivity index (χ0v) is 14.4. The normalized spacial score (nSPS) is 23.0. The van der Waals surface area contributed by atoms with Crippen LogP contribution in [0.1, 0.15) is 24.0 Å². The van der Waals surface area contributed by atoms with Gasteiger partial charge in [-0.1, -0.05) is 12.1 Å². The number of likely N-dealkylation sites (N-methyl/N-ethyl adjacent to an activating group) is 1. The lowest BCUT2D eigenvalue weighted by atomic mass is 10.0. The number of fused-ring (bicyclic) bond motifs is 1. The summed E-state index contributed by atoms with van der Waals surface area (Å²) in [6, 6.07) is 6.11. The third-order valence-electron chi connectivity index (χ3n) is 4.48. The number of amides is 1. The topological polar surface area (TPSA) is 54.5 Å². The number of hydrogen-bond acceptors (Lipinski definition) is 4. The van der Waals surface area contributed by atoms with Crippen LogP contribution >= 0.6 is 11.8 Å². The average Bonchev–Trinajstić information content (AvgIpc) is 2.86. The summed E-state index contributed by atoms with van der Waals surface area (Å²) in [6.07, 6.45) is 3.19. The Balaban J connectivity index is 1.66. The maximum atomic E-state index is 12.4. The van der Waals surface area contributed by atoms with E-state index in [1.165, 1.54) is 22.6 Å². The molecule has 1 fully saturated rings. The highest BCUT2D eigenvalue weighted by Gasteiger charge is 2.32. The largest absolute Gasteiger partial charge is 0.341 e. The van der Waals surface area contributed by atoms with Gasteiger partial charge in [0.15, 0.2) is 9.84 Å². The van der Waals surface area contributed by atoms with E-state index in [0.717, 1.165) is 12.0 Å². The van der Waals surface area contributed by atoms with Crippen LogP contribution in [0, 0.1) is 0 Å². The number of carbonyl (C=O) groups excluding carboxylic acids is 1. The average molecular weight is 339 g/mol. The Morgan fingerprint density at radius 2 is 2.23 bits per heavy atom. The lowest BCUT2D eigenvalue weighted by Crippen LogP contribution is -2.38. The summed E-state index contributed by atoms with van der Waals surface area (Å²) in [6.45, 7) is 0. The summed E-state index contributed by atoms with van der Waals surface area (Å²) in [7, 11) is -1.23. The molecule has 22 heavy (non-hydrogen) atoms. The summed E-state index contributed by atoms with van der Waals surface area (Å²) >= 11 is 1.88. The predicted octanol–water partition coefficient (Wildman–Crippen LogP) is 1.91. The van der Waals surface area contributed by atoms with Crippen molar-refractivity contribution in [3.05, 3.63) is 29.3 Å². The Kier molecular flexibility index (Phi) is 4.50. The van der Waals surface area contributed by atoms with Crippen molar-refractivity contribution in [1.29, 1.82) is 0 Å². The maximum absolute atomic E-state index is 12.4. The molecule has 1 aromatic rings. The molecule has 120 valence electrons. The molecule has 1 saturated heterocycles. The van der Waals surface area contributed by atoms with E-state index in [1.54, 1.807) is 11.9 Å². The zero-order chi connectivity index (χ0) is 15.7. The van der Waals surface area contributed by atoms with E-state index in [9.17, 15) is 13.2 Å². The van der Waals surface area contributed by atoms with Gasteiger partial charge in [-0.2, -0.15) is 0 Å². The van der Waals surface area contributed by atoms with Crippen LogP contribution in [0.2, 0.25) is 0 Å². The molecule has 0 bridgehead atoms. The zero-order valence-electron chi connectivity index (χ0n) is 12.7. The molecule has 1 amide bonds. The first-order valence-corrected chi connectivity index (χ1v) is 10.5. The number of rotatable bonds is 3. The standard InChI is InChI=1S/C16H21NO3S2/c1-17(14-6-8-22(19,20)11-14)16(18)10-12-4-5-15-13(9-12)3-2-7-21-15/h4-5,9,14H,2-3,6-8,10-11H2,1H3. The van der Waals surface area contributed by atoms with E-state index in [1.807, 2.05) is 17.8 Å². The first-order chi connectivity index (χ1) is 10.4. The van der Waals surface area contributed by atoms with Crippen molar-refractivity contribution < 1.29 is 13.2 Å². The number of thioether (sulfide) groups is 1. The number of benzene rings is 1. The third kappa shape index (κ3) is 3.49. The predicted molar refractivity (Wildman–Crippen MR) is 89.0 cm³/mol. The second kappa shape index (κ2) is 6.24. The Labute approximate surface area is 136 Å². The highest BCUT2D eigenvalue weighted by atomic mass is 32.2. The summed E-state index contributed by atoms with van der Waals surface area (Å²) in [5, 5.41) is 0. The van der Waals surface area contributed by atoms with Crippen LogP contribution in [-0.2, 0) is 27.5 Å². The molecule has 1 aromatic carbocycles. The van der Waals surface area contributed by atoms with Crippen molar-refractivity contribution in [3.63, 3.8) is 0 Å². The quantitative estimate of drug-likeness (QED) is 0.844. The fourth-order valence-electron chi connectivity index (χ4n) is 3.11. The lowest BCUT2D eigenvalue weighted by molar-refractivity contribution is -0.130. The Bertz CT molecular complexity index is 685. The number of nitrogens with zero attached hydrogens (tertiary/aromatic N) is 1. The summed E-state index contributed by atoms with van der Waals surface area (Å²) < 4.78 is 23.1. The second-order valence-electron chi connectivity index (χ2n) is 6.13. The molecule has 1 atom stereocenters. The molecule has 3 rings (SSSR count). The summed E-state index contributed by atoms with van der Waals surface area (Å²) in [5.41, 5.74) is 2.37. The molecule has 0 aromatic heterocycles. The molecular weight excluding hydrogens is 318 g/mol. The van der Waals surface area contributed by atoms with Gasteiger partial charge in [0.2, 0.25) is 5.91 Å². The molecule has 4 nitrogen and oxygen atoms in total. The molecule has 2 heterocycles. The number of aryl methyl sites for hydroxylation is 1. The van der Waals surface area contributed by atoms with E-state index in [0.29, 0.717) is 12.8 Å². The van der Waals surface area contributed by atoms with Crippen LogP contribution in [0.3, 0.4) is 0 Å². The molecular formula is C16H21NO3S2. The van der Waals surface area contributed by atoms with Crippen LogP contribution in [0.4, 0.5) is 0 Å². The highest BCUT2D eigenvalue weighted by molar-refractivity contribution is 7.99. The molecule has 0 saturated carbocycles. The highest BCUT2D eigenvalue weighted by Crippen LogP contribution is 2.30. The molecule has 6 heteroatoms. The fraction of sp³-hybridized carbons (Fsp3) is 0.562. The Morgan fingerprint density at radius 1 is 1.41 bits per heavy atom. The van der Waals surface area contributed by atoms with Gasteiger partial charge < -0.3 is 4.90 Å². The van der Waals surface area contributed by atoms with Gasteiger partial charge in [-0.3, -0.25) is 4.79 Å². The van der Waals surface area contributed by atoms with Crippen LogP contribution in [0.15, 0.2) is 23.1 Å². The molecule has 0 aliphatic carbocycles. The van der Waals surface area contributed by atoms with Crippen molar-refractivity contribution in [1.82, 2.24) is 4.90 Å². The van der Waals surface area contributed by atoms with Gasteiger partial charge in [-0.05, 0) is 42.2 Å². The Morgan fingerprint density at radius 3 is 2.95 bits per heavy atom. The number of carbonyl (C=O) groups is 1. The summed E-state index contributed by atoms with van der Waals surface area (Å²) in [5.74, 6) is 1.48. The maximum Gasteiger partial charge on any atom is 0.227 e. The first-order valence-electron chi connectivity index (χ1n) is 7.65. The monoisotopic (exact) mass is 339 g/mol. The Hall–Kier alpha value is -1.01. The first kappa shape index (κ1) is 15.9. The van der Waals surface area contributed by atoms with E-state index in [-0.39, 0.29) is 23.5 Å². The second-order valence-corrected chi connectivity index (χ2v) is 9.50. The van der Waals surface area contributed by atoms with Gasteiger partial charge in [-0.25, -0.2) is 8.42 Å². The van der Waals surface area contributed by atoms with Gasteiger partial charge in [0.25, 0.3) is 0 Å². The van der Waals surface area contributed by atoms with Crippen LogP contribution < -0.4 is 0 Å². The van der Waals surface area contributed by atoms with Gasteiger partial charge in [0.1, 0.15) is 0 Å². The number of sulfone groups is 1. The molecule has 1 unspecified atom stereocenters. The van der Waals surface area contributed by atoms with Crippen LogP contribution in [-0.4, -0.2) is 49.6 Å². The van der Waals surface area contributed by atoms with E-state index in [4.69, 9.17) is 0 Å². The van der Waals surface area contributed by atoms with Gasteiger partial charge in [0, 0.05) is 18.0 Å². The lowest BCUT2D eigenvalue weighted by Gasteiger charge is -2.24. The van der Waals surface area contributed by atoms with Crippen molar-refractivity contribution in [2.24, 2.45) is 0 Å². The number of hydrogen-bond donors (Lipinski definition) is 0. The van der Waals surface area contributed by atoms with E-state index >= 15 is 0 Å². The van der Waals surface area contributed by atoms with Crippen LogP contribution in [0.5, 0.6) is 0 Å². The molecule has 2 aliphatic rings. The van der Waals surface area contributed by atoms with Crippen molar-refractivity contribution >= 4 is 27.5 Å². The minimum atomic E-state index is -2.96. The van der Waals surface area contributed by atoms with E-state index < -0.39 is 9.84 Å². The summed E-state index contributed by atoms with van der Waals surface area (Å²) in [4.78, 5) is 15.4. The van der Waals surface area contributed by atoms with Gasteiger partial charge >= 0.3 is 0 Å². The van der Waals surface area contributed by atoms with Crippen molar-refractivity contribution in [2.45, 2.75) is 36.6 Å². The minimum absolute atomic E-state index is 0.00510. The molecule has 0 radical (unpaired) electrons. The van der Waals surface area contributed by atoms with Gasteiger partial charge in [0.05, 0.1) is 17.9 Å². The minimum Gasteiger partial charge on any atom is -0.341 e. The van der Waals surface area contributed by atoms with E-state index in [2.05, 4.69) is 12.1 Å². The van der Waals surface area contributed by atoms with Crippen molar-refractivity contribution in [2.75, 3.05) is 24.3 Å². The smallest absolute Gasteiger partial charge is 0.227 e.